The molecule has 4 nitrogen and oxygen atoms in total. The van der Waals surface area contributed by atoms with E-state index in [1.165, 1.54) is 7.11 Å². The van der Waals surface area contributed by atoms with Crippen LogP contribution in [-0.2, 0) is 14.3 Å². The average molecular weight is 348 g/mol. The first-order valence-corrected chi connectivity index (χ1v) is 9.38. The third-order valence-corrected chi connectivity index (χ3v) is 4.51. The number of allylic oxidation sites excluding steroid dienone is 5. The van der Waals surface area contributed by atoms with Crippen LogP contribution in [0.25, 0.3) is 0 Å². The normalized spacial score (nSPS) is 21.5. The largest absolute Gasteiger partial charge is 0.469 e. The van der Waals surface area contributed by atoms with E-state index in [1.807, 2.05) is 30.4 Å². The van der Waals surface area contributed by atoms with Crippen molar-refractivity contribution in [3.63, 3.8) is 0 Å². The Morgan fingerprint density at radius 2 is 2.12 bits per heavy atom. The minimum atomic E-state index is -0.426. The van der Waals surface area contributed by atoms with Crippen molar-refractivity contribution in [2.24, 2.45) is 11.8 Å². The molecule has 0 spiro atoms. The van der Waals surface area contributed by atoms with Gasteiger partial charge in [-0.3, -0.25) is 9.59 Å². The number of carbonyl (C=O) groups excluding carboxylic acids is 2. The number of ketones is 1. The third-order valence-electron chi connectivity index (χ3n) is 4.51. The Balaban J connectivity index is 2.36. The number of carbonyl (C=O) groups is 2. The van der Waals surface area contributed by atoms with Crippen molar-refractivity contribution in [2.75, 3.05) is 7.11 Å². The summed E-state index contributed by atoms with van der Waals surface area (Å²) >= 11 is 0. The van der Waals surface area contributed by atoms with Crippen LogP contribution in [-0.4, -0.2) is 30.1 Å². The molecule has 3 atom stereocenters. The van der Waals surface area contributed by atoms with Crippen LogP contribution in [0.3, 0.4) is 0 Å². The molecule has 0 saturated carbocycles. The summed E-state index contributed by atoms with van der Waals surface area (Å²) in [5.41, 5.74) is 0. The lowest BCUT2D eigenvalue weighted by Crippen LogP contribution is -2.14. The molecule has 1 N–H and O–H groups in total. The molecule has 0 aromatic carbocycles. The van der Waals surface area contributed by atoms with Crippen molar-refractivity contribution in [3.8, 4) is 0 Å². The van der Waals surface area contributed by atoms with Crippen molar-refractivity contribution in [2.45, 2.75) is 64.4 Å². The summed E-state index contributed by atoms with van der Waals surface area (Å²) in [4.78, 5) is 23.0. The van der Waals surface area contributed by atoms with E-state index in [2.05, 4.69) is 11.7 Å². The van der Waals surface area contributed by atoms with E-state index in [1.54, 1.807) is 6.08 Å². The molecule has 0 saturated heterocycles. The van der Waals surface area contributed by atoms with Gasteiger partial charge in [0.2, 0.25) is 0 Å². The molecule has 140 valence electrons. The highest BCUT2D eigenvalue weighted by molar-refractivity contribution is 5.95. The number of esters is 1. The Kier molecular flexibility index (Phi) is 10.8. The van der Waals surface area contributed by atoms with Crippen molar-refractivity contribution in [3.05, 3.63) is 36.5 Å². The zero-order valence-corrected chi connectivity index (χ0v) is 15.5. The maximum Gasteiger partial charge on any atom is 0.305 e. The van der Waals surface area contributed by atoms with E-state index in [9.17, 15) is 14.7 Å². The lowest BCUT2D eigenvalue weighted by molar-refractivity contribution is -0.140. The van der Waals surface area contributed by atoms with E-state index in [0.29, 0.717) is 12.8 Å². The minimum absolute atomic E-state index is 0.0630. The Morgan fingerprint density at radius 1 is 1.32 bits per heavy atom. The zero-order chi connectivity index (χ0) is 18.5. The van der Waals surface area contributed by atoms with Gasteiger partial charge in [0.25, 0.3) is 0 Å². The van der Waals surface area contributed by atoms with Gasteiger partial charge in [-0.2, -0.15) is 0 Å². The highest BCUT2D eigenvalue weighted by atomic mass is 16.5. The lowest BCUT2D eigenvalue weighted by atomic mass is 9.90. The molecule has 0 bridgehead atoms. The van der Waals surface area contributed by atoms with Gasteiger partial charge in [-0.25, -0.2) is 0 Å². The van der Waals surface area contributed by atoms with Crippen LogP contribution in [0.15, 0.2) is 36.5 Å². The molecule has 1 aliphatic rings. The summed E-state index contributed by atoms with van der Waals surface area (Å²) in [5.74, 6) is -0.0513. The number of hydrogen-bond donors (Lipinski definition) is 1. The first kappa shape index (κ1) is 21.4. The number of ether oxygens (including phenoxy) is 1. The summed E-state index contributed by atoms with van der Waals surface area (Å²) in [6.45, 7) is 2.14. The fraction of sp³-hybridized carbons (Fsp3) is 0.619. The van der Waals surface area contributed by atoms with Crippen LogP contribution in [0.1, 0.15) is 58.3 Å². The minimum Gasteiger partial charge on any atom is -0.469 e. The van der Waals surface area contributed by atoms with Crippen LogP contribution in [0.5, 0.6) is 0 Å². The van der Waals surface area contributed by atoms with Crippen LogP contribution >= 0.6 is 0 Å². The van der Waals surface area contributed by atoms with Crippen LogP contribution in [0.2, 0.25) is 0 Å². The molecule has 4 heteroatoms. The molecule has 1 aliphatic carbocycles. The van der Waals surface area contributed by atoms with Gasteiger partial charge in [-0.15, -0.1) is 0 Å². The summed E-state index contributed by atoms with van der Waals surface area (Å²) in [6.07, 6.45) is 17.7. The second-order valence-corrected chi connectivity index (χ2v) is 6.57. The van der Waals surface area contributed by atoms with E-state index in [4.69, 9.17) is 0 Å². The van der Waals surface area contributed by atoms with Gasteiger partial charge in [0, 0.05) is 18.3 Å². The molecular weight excluding hydrogens is 316 g/mol. The van der Waals surface area contributed by atoms with Gasteiger partial charge in [0.05, 0.1) is 13.2 Å². The second kappa shape index (κ2) is 12.6. The summed E-state index contributed by atoms with van der Waals surface area (Å²) < 4.78 is 4.60. The highest BCUT2D eigenvalue weighted by Gasteiger charge is 2.27. The van der Waals surface area contributed by atoms with E-state index in [-0.39, 0.29) is 23.6 Å². The summed E-state index contributed by atoms with van der Waals surface area (Å²) in [5, 5.41) is 9.98. The van der Waals surface area contributed by atoms with E-state index < -0.39 is 6.10 Å². The van der Waals surface area contributed by atoms with E-state index >= 15 is 0 Å². The number of aliphatic hydroxyl groups excluding tert-OH is 1. The smallest absolute Gasteiger partial charge is 0.305 e. The molecule has 0 aromatic rings. The van der Waals surface area contributed by atoms with Crippen molar-refractivity contribution in [1.29, 1.82) is 0 Å². The molecule has 0 unspecified atom stereocenters. The Bertz CT molecular complexity index is 490. The maximum absolute atomic E-state index is 12.0. The van der Waals surface area contributed by atoms with Crippen molar-refractivity contribution in [1.82, 2.24) is 0 Å². The number of aliphatic hydroxyl groups is 1. The third kappa shape index (κ3) is 8.82. The Labute approximate surface area is 151 Å². The van der Waals surface area contributed by atoms with Gasteiger partial charge >= 0.3 is 5.97 Å². The first-order chi connectivity index (χ1) is 12.1. The quantitative estimate of drug-likeness (QED) is 0.327. The van der Waals surface area contributed by atoms with Crippen molar-refractivity contribution >= 4 is 11.8 Å². The SMILES string of the molecule is CCCCC[C@H](O)C=C[C@H]1C=CC(=O)[C@@H]1C/C=C/CCCC(=O)OC. The summed E-state index contributed by atoms with van der Waals surface area (Å²) in [6, 6.07) is 0. The topological polar surface area (TPSA) is 63.6 Å². The fourth-order valence-corrected chi connectivity index (χ4v) is 2.91. The fourth-order valence-electron chi connectivity index (χ4n) is 2.91. The van der Waals surface area contributed by atoms with Crippen molar-refractivity contribution < 1.29 is 19.4 Å². The standard InChI is InChI=1S/C21H32O4/c1-3-4-7-10-18(22)15-13-17-14-16-20(23)19(17)11-8-5-6-9-12-21(24)25-2/h5,8,13-19,22H,3-4,6-7,9-12H2,1-2H3/b8-5+,15-13?/t17-,18-,19+/m0/s1. The Morgan fingerprint density at radius 3 is 2.84 bits per heavy atom. The van der Waals surface area contributed by atoms with E-state index in [0.717, 1.165) is 38.5 Å². The average Bonchev–Trinajstić information content (AvgIpc) is 2.96. The monoisotopic (exact) mass is 348 g/mol. The van der Waals surface area contributed by atoms with Crippen LogP contribution < -0.4 is 0 Å². The first-order valence-electron chi connectivity index (χ1n) is 9.38. The van der Waals surface area contributed by atoms with Crippen LogP contribution in [0, 0.1) is 11.8 Å². The molecule has 0 aliphatic heterocycles. The van der Waals surface area contributed by atoms with Gasteiger partial charge in [-0.05, 0) is 31.8 Å². The molecule has 0 aromatic heterocycles. The van der Waals surface area contributed by atoms with Crippen LogP contribution in [0.4, 0.5) is 0 Å². The zero-order valence-electron chi connectivity index (χ0n) is 15.5. The van der Waals surface area contributed by atoms with Gasteiger partial charge in [-0.1, -0.05) is 56.6 Å². The molecule has 0 radical (unpaired) electrons. The lowest BCUT2D eigenvalue weighted by Gasteiger charge is -2.13. The predicted molar refractivity (Wildman–Crippen MR) is 100 cm³/mol. The molecule has 0 heterocycles. The number of methoxy groups -OCH3 is 1. The van der Waals surface area contributed by atoms with Gasteiger partial charge < -0.3 is 9.84 Å². The molecule has 1 rings (SSSR count). The molecule has 0 fully saturated rings. The highest BCUT2D eigenvalue weighted by Crippen LogP contribution is 2.27. The molecular formula is C21H32O4. The van der Waals surface area contributed by atoms with Gasteiger partial charge in [0.1, 0.15) is 0 Å². The summed E-state index contributed by atoms with van der Waals surface area (Å²) in [7, 11) is 1.39. The molecule has 25 heavy (non-hydrogen) atoms. The number of hydrogen-bond acceptors (Lipinski definition) is 4. The Hall–Kier alpha value is -1.68. The number of unbranched alkanes of at least 4 members (excludes halogenated alkanes) is 3. The molecule has 0 amide bonds. The maximum atomic E-state index is 12.0. The number of rotatable bonds is 12. The second-order valence-electron chi connectivity index (χ2n) is 6.57. The van der Waals surface area contributed by atoms with Gasteiger partial charge in [0.15, 0.2) is 5.78 Å². The predicted octanol–water partition coefficient (Wildman–Crippen LogP) is 4.14.